The molecule has 80 valence electrons. The smallest absolute Gasteiger partial charge is 0.183 e. The van der Waals surface area contributed by atoms with Gasteiger partial charge in [0.1, 0.15) is 6.07 Å². The molecule has 0 spiro atoms. The number of hydrogen-bond donors (Lipinski definition) is 0. The van der Waals surface area contributed by atoms with Gasteiger partial charge in [-0.15, -0.1) is 0 Å². The van der Waals surface area contributed by atoms with Crippen molar-refractivity contribution in [1.29, 1.82) is 5.26 Å². The maximum absolute atomic E-state index is 8.93. The molecule has 1 aromatic heterocycles. The van der Waals surface area contributed by atoms with E-state index in [-0.39, 0.29) is 5.54 Å². The van der Waals surface area contributed by atoms with Crippen LogP contribution in [0.3, 0.4) is 0 Å². The van der Waals surface area contributed by atoms with Crippen molar-refractivity contribution >= 4 is 5.82 Å². The summed E-state index contributed by atoms with van der Waals surface area (Å²) in [4.78, 5) is 10.2. The highest BCUT2D eigenvalue weighted by Crippen LogP contribution is 2.24. The molecule has 1 aromatic rings. The summed E-state index contributed by atoms with van der Waals surface area (Å²) in [5.41, 5.74) is 0.350. The SMILES string of the molecule is CCC(C)(C)N(C)c1nccnc1C#N. The van der Waals surface area contributed by atoms with E-state index in [1.54, 1.807) is 6.20 Å². The van der Waals surface area contributed by atoms with Crippen molar-refractivity contribution in [2.24, 2.45) is 0 Å². The molecule has 1 rings (SSSR count). The number of anilines is 1. The molecular weight excluding hydrogens is 188 g/mol. The van der Waals surface area contributed by atoms with Crippen LogP contribution in [0.1, 0.15) is 32.9 Å². The highest BCUT2D eigenvalue weighted by molar-refractivity contribution is 5.50. The maximum atomic E-state index is 8.93. The molecule has 0 N–H and O–H groups in total. The van der Waals surface area contributed by atoms with E-state index in [9.17, 15) is 0 Å². The highest BCUT2D eigenvalue weighted by atomic mass is 15.2. The summed E-state index contributed by atoms with van der Waals surface area (Å²) in [6, 6.07) is 2.06. The minimum Gasteiger partial charge on any atom is -0.352 e. The van der Waals surface area contributed by atoms with Crippen LogP contribution in [0.4, 0.5) is 5.82 Å². The lowest BCUT2D eigenvalue weighted by Crippen LogP contribution is -2.41. The van der Waals surface area contributed by atoms with E-state index in [4.69, 9.17) is 5.26 Å². The van der Waals surface area contributed by atoms with Crippen molar-refractivity contribution in [3.8, 4) is 6.07 Å². The first kappa shape index (κ1) is 11.4. The van der Waals surface area contributed by atoms with Gasteiger partial charge in [-0.3, -0.25) is 0 Å². The fourth-order valence-corrected chi connectivity index (χ4v) is 1.18. The summed E-state index contributed by atoms with van der Waals surface area (Å²) in [5, 5.41) is 8.93. The molecule has 0 aliphatic rings. The van der Waals surface area contributed by atoms with E-state index < -0.39 is 0 Å². The molecule has 0 bridgehead atoms. The standard InChI is InChI=1S/C11H16N4/c1-5-11(2,3)15(4)10-9(8-12)13-6-7-14-10/h6-7H,5H2,1-4H3. The van der Waals surface area contributed by atoms with Crippen molar-refractivity contribution in [3.63, 3.8) is 0 Å². The molecular formula is C11H16N4. The summed E-state index contributed by atoms with van der Waals surface area (Å²) in [5.74, 6) is 0.645. The summed E-state index contributed by atoms with van der Waals surface area (Å²) >= 11 is 0. The third-order valence-electron chi connectivity index (χ3n) is 2.88. The van der Waals surface area contributed by atoms with E-state index in [1.807, 2.05) is 11.9 Å². The second-order valence-corrected chi connectivity index (χ2v) is 4.07. The van der Waals surface area contributed by atoms with Gasteiger partial charge in [0, 0.05) is 25.0 Å². The Hall–Kier alpha value is -1.63. The van der Waals surface area contributed by atoms with Crippen molar-refractivity contribution < 1.29 is 0 Å². The highest BCUT2D eigenvalue weighted by Gasteiger charge is 2.24. The van der Waals surface area contributed by atoms with Gasteiger partial charge in [-0.2, -0.15) is 5.26 Å². The van der Waals surface area contributed by atoms with E-state index in [2.05, 4.69) is 36.8 Å². The molecule has 1 heterocycles. The van der Waals surface area contributed by atoms with Crippen LogP contribution < -0.4 is 4.90 Å². The molecule has 4 heteroatoms. The van der Waals surface area contributed by atoms with E-state index in [0.717, 1.165) is 6.42 Å². The molecule has 0 aliphatic carbocycles. The number of nitrogens with zero attached hydrogens (tertiary/aromatic N) is 4. The Kier molecular flexibility index (Phi) is 3.25. The van der Waals surface area contributed by atoms with Gasteiger partial charge in [0.05, 0.1) is 0 Å². The zero-order chi connectivity index (χ0) is 11.5. The Morgan fingerprint density at radius 1 is 1.40 bits per heavy atom. The number of aromatic nitrogens is 2. The molecule has 0 aromatic carbocycles. The third kappa shape index (κ3) is 2.24. The zero-order valence-corrected chi connectivity index (χ0v) is 9.65. The Morgan fingerprint density at radius 2 is 2.00 bits per heavy atom. The average molecular weight is 204 g/mol. The van der Waals surface area contributed by atoms with Gasteiger partial charge in [-0.1, -0.05) is 6.92 Å². The quantitative estimate of drug-likeness (QED) is 0.755. The molecule has 0 fully saturated rings. The Labute approximate surface area is 90.6 Å². The summed E-state index contributed by atoms with van der Waals surface area (Å²) in [6.07, 6.45) is 4.12. The van der Waals surface area contributed by atoms with Crippen LogP contribution >= 0.6 is 0 Å². The summed E-state index contributed by atoms with van der Waals surface area (Å²) in [7, 11) is 1.94. The first-order valence-electron chi connectivity index (χ1n) is 4.98. The lowest BCUT2D eigenvalue weighted by Gasteiger charge is -2.35. The predicted octanol–water partition coefficient (Wildman–Crippen LogP) is 1.97. The number of nitriles is 1. The predicted molar refractivity (Wildman–Crippen MR) is 59.5 cm³/mol. The van der Waals surface area contributed by atoms with E-state index in [0.29, 0.717) is 11.5 Å². The molecule has 0 unspecified atom stereocenters. The molecule has 15 heavy (non-hydrogen) atoms. The van der Waals surface area contributed by atoms with Gasteiger partial charge in [0.25, 0.3) is 0 Å². The molecule has 0 saturated heterocycles. The Bertz CT molecular complexity index is 378. The van der Waals surface area contributed by atoms with Gasteiger partial charge in [-0.25, -0.2) is 9.97 Å². The lowest BCUT2D eigenvalue weighted by atomic mass is 10.00. The molecule has 0 aliphatic heterocycles. The van der Waals surface area contributed by atoms with Crippen LogP contribution in [0.2, 0.25) is 0 Å². The molecule has 0 radical (unpaired) electrons. The fourth-order valence-electron chi connectivity index (χ4n) is 1.18. The normalized spacial score (nSPS) is 10.9. The van der Waals surface area contributed by atoms with E-state index >= 15 is 0 Å². The van der Waals surface area contributed by atoms with Crippen molar-refractivity contribution in [1.82, 2.24) is 9.97 Å². The van der Waals surface area contributed by atoms with Gasteiger partial charge in [-0.05, 0) is 20.3 Å². The lowest BCUT2D eigenvalue weighted by molar-refractivity contribution is 0.466. The summed E-state index contributed by atoms with van der Waals surface area (Å²) < 4.78 is 0. The van der Waals surface area contributed by atoms with Gasteiger partial charge in [0.2, 0.25) is 0 Å². The first-order valence-corrected chi connectivity index (χ1v) is 4.98. The third-order valence-corrected chi connectivity index (χ3v) is 2.88. The fraction of sp³-hybridized carbons (Fsp3) is 0.545. The topological polar surface area (TPSA) is 52.8 Å². The first-order chi connectivity index (χ1) is 7.03. The Morgan fingerprint density at radius 3 is 2.53 bits per heavy atom. The van der Waals surface area contributed by atoms with Crippen LogP contribution in [0, 0.1) is 11.3 Å². The van der Waals surface area contributed by atoms with Gasteiger partial charge < -0.3 is 4.90 Å². The second-order valence-electron chi connectivity index (χ2n) is 4.07. The van der Waals surface area contributed by atoms with Crippen molar-refractivity contribution in [2.45, 2.75) is 32.7 Å². The monoisotopic (exact) mass is 204 g/mol. The van der Waals surface area contributed by atoms with E-state index in [1.165, 1.54) is 6.20 Å². The largest absolute Gasteiger partial charge is 0.352 e. The number of rotatable bonds is 3. The van der Waals surface area contributed by atoms with Crippen LogP contribution in [-0.4, -0.2) is 22.6 Å². The molecule has 0 amide bonds. The second kappa shape index (κ2) is 4.26. The van der Waals surface area contributed by atoms with Crippen molar-refractivity contribution in [2.75, 3.05) is 11.9 Å². The van der Waals surface area contributed by atoms with Gasteiger partial charge >= 0.3 is 0 Å². The minimum atomic E-state index is -0.0262. The number of hydrogen-bond acceptors (Lipinski definition) is 4. The average Bonchev–Trinajstić information content (AvgIpc) is 2.28. The van der Waals surface area contributed by atoms with Crippen molar-refractivity contribution in [3.05, 3.63) is 18.1 Å². The van der Waals surface area contributed by atoms with Crippen LogP contribution in [-0.2, 0) is 0 Å². The molecule has 0 saturated carbocycles. The zero-order valence-electron chi connectivity index (χ0n) is 9.65. The summed E-state index contributed by atoms with van der Waals surface area (Å²) in [6.45, 7) is 6.34. The molecule has 0 atom stereocenters. The van der Waals surface area contributed by atoms with Crippen LogP contribution in [0.15, 0.2) is 12.4 Å². The minimum absolute atomic E-state index is 0.0262. The van der Waals surface area contributed by atoms with Crippen LogP contribution in [0.5, 0.6) is 0 Å². The maximum Gasteiger partial charge on any atom is 0.183 e. The Balaban J connectivity index is 3.12. The molecule has 4 nitrogen and oxygen atoms in total. The van der Waals surface area contributed by atoms with Gasteiger partial charge in [0.15, 0.2) is 11.5 Å². The van der Waals surface area contributed by atoms with Crippen LogP contribution in [0.25, 0.3) is 0 Å².